The lowest BCUT2D eigenvalue weighted by Gasteiger charge is -2.29. The molecule has 1 saturated heterocycles. The molecule has 1 aliphatic heterocycles. The molecular formula is C11H16N2O. The molecule has 0 spiro atoms. The fourth-order valence-electron chi connectivity index (χ4n) is 1.73. The van der Waals surface area contributed by atoms with Crippen LogP contribution in [0.1, 0.15) is 20.3 Å². The highest BCUT2D eigenvalue weighted by atomic mass is 16.5. The number of rotatable bonds is 2. The fraction of sp³-hybridized carbons (Fsp3) is 0.545. The molecule has 1 aromatic rings. The Hall–Kier alpha value is -1.09. The highest BCUT2D eigenvalue weighted by Crippen LogP contribution is 2.28. The summed E-state index contributed by atoms with van der Waals surface area (Å²) in [6.45, 7) is 5.11. The summed E-state index contributed by atoms with van der Waals surface area (Å²) in [4.78, 5) is 4.26. The van der Waals surface area contributed by atoms with Gasteiger partial charge in [0.15, 0.2) is 0 Å². The number of aromatic nitrogens is 1. The van der Waals surface area contributed by atoms with Crippen LogP contribution in [-0.2, 0) is 4.74 Å². The largest absolute Gasteiger partial charge is 0.376 e. The third kappa shape index (κ3) is 1.73. The van der Waals surface area contributed by atoms with Gasteiger partial charge in [-0.05, 0) is 32.4 Å². The van der Waals surface area contributed by atoms with Crippen LogP contribution in [0.3, 0.4) is 0 Å². The molecule has 1 aliphatic rings. The minimum atomic E-state index is 0.0222. The van der Waals surface area contributed by atoms with Gasteiger partial charge in [-0.2, -0.15) is 0 Å². The number of pyridine rings is 1. The first-order valence-electron chi connectivity index (χ1n) is 5.01. The fourth-order valence-corrected chi connectivity index (χ4v) is 1.73. The van der Waals surface area contributed by atoms with Gasteiger partial charge in [0.2, 0.25) is 0 Å². The second-order valence-corrected chi connectivity index (χ2v) is 4.02. The summed E-state index contributed by atoms with van der Waals surface area (Å²) in [7, 11) is 0. The highest BCUT2D eigenvalue weighted by Gasteiger charge is 2.36. The maximum Gasteiger partial charge on any atom is 0.126 e. The maximum atomic E-state index is 5.55. The lowest BCUT2D eigenvalue weighted by Crippen LogP contribution is -2.41. The lowest BCUT2D eigenvalue weighted by atomic mass is 9.95. The Kier molecular flexibility index (Phi) is 2.42. The minimum absolute atomic E-state index is 0.0222. The van der Waals surface area contributed by atoms with E-state index in [4.69, 9.17) is 4.74 Å². The predicted molar refractivity (Wildman–Crippen MR) is 56.3 cm³/mol. The molecule has 0 aliphatic carbocycles. The Morgan fingerprint density at radius 2 is 2.43 bits per heavy atom. The molecule has 2 atom stereocenters. The topological polar surface area (TPSA) is 34.1 Å². The van der Waals surface area contributed by atoms with Crippen molar-refractivity contribution in [3.8, 4) is 0 Å². The molecular weight excluding hydrogens is 176 g/mol. The van der Waals surface area contributed by atoms with Gasteiger partial charge < -0.3 is 10.1 Å². The number of anilines is 1. The average molecular weight is 192 g/mol. The second kappa shape index (κ2) is 3.58. The van der Waals surface area contributed by atoms with Crippen LogP contribution in [0.25, 0.3) is 0 Å². The number of hydrogen-bond acceptors (Lipinski definition) is 3. The first kappa shape index (κ1) is 9.46. The van der Waals surface area contributed by atoms with Gasteiger partial charge in [-0.3, -0.25) is 0 Å². The number of nitrogens with zero attached hydrogens (tertiary/aromatic N) is 1. The minimum Gasteiger partial charge on any atom is -0.376 e. The van der Waals surface area contributed by atoms with Crippen molar-refractivity contribution in [1.82, 2.24) is 4.98 Å². The third-order valence-corrected chi connectivity index (χ3v) is 2.97. The molecule has 3 nitrogen and oxygen atoms in total. The van der Waals surface area contributed by atoms with Crippen molar-refractivity contribution in [2.45, 2.75) is 31.9 Å². The predicted octanol–water partition coefficient (Wildman–Crippen LogP) is 2.06. The summed E-state index contributed by atoms with van der Waals surface area (Å²) in [6.07, 6.45) is 3.07. The molecule has 2 rings (SSSR count). The Bertz CT molecular complexity index is 301. The number of ether oxygens (including phenoxy) is 1. The SMILES string of the molecule is CC1OCCC1(C)Nc1ccccn1. The van der Waals surface area contributed by atoms with E-state index in [1.54, 1.807) is 6.20 Å². The Labute approximate surface area is 84.5 Å². The summed E-state index contributed by atoms with van der Waals surface area (Å²) < 4.78 is 5.55. The second-order valence-electron chi connectivity index (χ2n) is 4.02. The molecule has 76 valence electrons. The first-order valence-corrected chi connectivity index (χ1v) is 5.01. The van der Waals surface area contributed by atoms with Crippen LogP contribution in [-0.4, -0.2) is 23.2 Å². The van der Waals surface area contributed by atoms with Gasteiger partial charge >= 0.3 is 0 Å². The van der Waals surface area contributed by atoms with Gasteiger partial charge in [0, 0.05) is 12.8 Å². The van der Waals surface area contributed by atoms with Crippen LogP contribution in [0.4, 0.5) is 5.82 Å². The van der Waals surface area contributed by atoms with Crippen molar-refractivity contribution in [3.05, 3.63) is 24.4 Å². The Morgan fingerprint density at radius 1 is 1.57 bits per heavy atom. The molecule has 0 aromatic carbocycles. The van der Waals surface area contributed by atoms with E-state index in [9.17, 15) is 0 Å². The molecule has 1 aromatic heterocycles. The van der Waals surface area contributed by atoms with Gasteiger partial charge in [0.1, 0.15) is 5.82 Å². The quantitative estimate of drug-likeness (QED) is 0.778. The molecule has 2 unspecified atom stereocenters. The Morgan fingerprint density at radius 3 is 3.00 bits per heavy atom. The summed E-state index contributed by atoms with van der Waals surface area (Å²) in [5, 5.41) is 3.43. The van der Waals surface area contributed by atoms with Crippen LogP contribution in [0.15, 0.2) is 24.4 Å². The van der Waals surface area contributed by atoms with E-state index in [2.05, 4.69) is 24.1 Å². The van der Waals surface area contributed by atoms with Crippen molar-refractivity contribution in [2.75, 3.05) is 11.9 Å². The Balaban J connectivity index is 2.10. The molecule has 2 heterocycles. The van der Waals surface area contributed by atoms with Crippen LogP contribution in [0.2, 0.25) is 0 Å². The standard InChI is InChI=1S/C11H16N2O/c1-9-11(2,6-8-14-9)13-10-5-3-4-7-12-10/h3-5,7,9H,6,8H2,1-2H3,(H,12,13). The normalized spacial score (nSPS) is 31.7. The van der Waals surface area contributed by atoms with E-state index in [0.717, 1.165) is 18.8 Å². The zero-order valence-corrected chi connectivity index (χ0v) is 8.66. The van der Waals surface area contributed by atoms with E-state index in [-0.39, 0.29) is 11.6 Å². The number of hydrogen-bond donors (Lipinski definition) is 1. The summed E-state index contributed by atoms with van der Waals surface area (Å²) in [5.41, 5.74) is 0.0222. The van der Waals surface area contributed by atoms with Crippen molar-refractivity contribution < 1.29 is 4.74 Å². The monoisotopic (exact) mass is 192 g/mol. The molecule has 3 heteroatoms. The molecule has 1 N–H and O–H groups in total. The van der Waals surface area contributed by atoms with Crippen LogP contribution >= 0.6 is 0 Å². The molecule has 14 heavy (non-hydrogen) atoms. The van der Waals surface area contributed by atoms with Gasteiger partial charge in [-0.25, -0.2) is 4.98 Å². The van der Waals surface area contributed by atoms with Crippen molar-refractivity contribution in [3.63, 3.8) is 0 Å². The van der Waals surface area contributed by atoms with E-state index in [0.29, 0.717) is 0 Å². The van der Waals surface area contributed by atoms with Gasteiger partial charge in [-0.15, -0.1) is 0 Å². The van der Waals surface area contributed by atoms with Gasteiger partial charge in [0.05, 0.1) is 11.6 Å². The molecule has 0 amide bonds. The summed E-state index contributed by atoms with van der Waals surface area (Å²) >= 11 is 0. The molecule has 1 fully saturated rings. The van der Waals surface area contributed by atoms with E-state index in [1.807, 2.05) is 18.2 Å². The van der Waals surface area contributed by atoms with E-state index in [1.165, 1.54) is 0 Å². The molecule has 0 bridgehead atoms. The van der Waals surface area contributed by atoms with Crippen molar-refractivity contribution >= 4 is 5.82 Å². The van der Waals surface area contributed by atoms with Crippen LogP contribution < -0.4 is 5.32 Å². The maximum absolute atomic E-state index is 5.55. The highest BCUT2D eigenvalue weighted by molar-refractivity contribution is 5.37. The van der Waals surface area contributed by atoms with E-state index >= 15 is 0 Å². The van der Waals surface area contributed by atoms with Gasteiger partial charge in [-0.1, -0.05) is 6.07 Å². The van der Waals surface area contributed by atoms with Crippen molar-refractivity contribution in [2.24, 2.45) is 0 Å². The smallest absolute Gasteiger partial charge is 0.126 e. The lowest BCUT2D eigenvalue weighted by molar-refractivity contribution is 0.105. The van der Waals surface area contributed by atoms with Crippen LogP contribution in [0.5, 0.6) is 0 Å². The zero-order valence-electron chi connectivity index (χ0n) is 8.66. The van der Waals surface area contributed by atoms with E-state index < -0.39 is 0 Å². The van der Waals surface area contributed by atoms with Crippen LogP contribution in [0, 0.1) is 0 Å². The average Bonchev–Trinajstić information content (AvgIpc) is 2.48. The first-order chi connectivity index (χ1) is 6.71. The summed E-state index contributed by atoms with van der Waals surface area (Å²) in [5.74, 6) is 0.923. The zero-order chi connectivity index (χ0) is 10.0. The number of nitrogens with one attached hydrogen (secondary N) is 1. The molecule has 0 saturated carbocycles. The third-order valence-electron chi connectivity index (χ3n) is 2.97. The summed E-state index contributed by atoms with van der Waals surface area (Å²) in [6, 6.07) is 5.89. The van der Waals surface area contributed by atoms with Gasteiger partial charge in [0.25, 0.3) is 0 Å². The molecule has 0 radical (unpaired) electrons. The van der Waals surface area contributed by atoms with Crippen molar-refractivity contribution in [1.29, 1.82) is 0 Å².